The van der Waals surface area contributed by atoms with E-state index in [4.69, 9.17) is 0 Å². The number of halogens is 3. The van der Waals surface area contributed by atoms with Crippen molar-refractivity contribution in [3.05, 3.63) is 29.8 Å². The number of hydrogen-bond donors (Lipinski definition) is 2. The molecule has 1 saturated heterocycles. The lowest BCUT2D eigenvalue weighted by Crippen LogP contribution is -2.41. The monoisotopic (exact) mass is 512 g/mol. The van der Waals surface area contributed by atoms with E-state index in [0.717, 1.165) is 50.8 Å². The van der Waals surface area contributed by atoms with Crippen molar-refractivity contribution in [1.29, 1.82) is 0 Å². The van der Waals surface area contributed by atoms with Crippen LogP contribution in [0.15, 0.2) is 23.2 Å². The fourth-order valence-electron chi connectivity index (χ4n) is 2.83. The first-order valence-electron chi connectivity index (χ1n) is 9.12. The van der Waals surface area contributed by atoms with E-state index in [-0.39, 0.29) is 28.7 Å². The lowest BCUT2D eigenvalue weighted by molar-refractivity contribution is 0.508. The zero-order valence-corrected chi connectivity index (χ0v) is 19.7. The van der Waals surface area contributed by atoms with E-state index < -0.39 is 11.6 Å². The normalized spacial score (nSPS) is 17.6. The summed E-state index contributed by atoms with van der Waals surface area (Å²) in [6.45, 7) is 10.5. The van der Waals surface area contributed by atoms with Crippen LogP contribution in [-0.4, -0.2) is 49.7 Å². The van der Waals surface area contributed by atoms with Gasteiger partial charge in [-0.2, -0.15) is 11.8 Å². The van der Waals surface area contributed by atoms with Crippen LogP contribution in [0.2, 0.25) is 0 Å². The van der Waals surface area contributed by atoms with E-state index >= 15 is 0 Å². The molecule has 0 saturated carbocycles. The molecule has 1 heterocycles. The SMILES string of the molecule is CCNC(=NCC(C)(C)SC)NCC1CCN(c2ccc(F)c(F)c2)C1.I. The molecule has 0 spiro atoms. The highest BCUT2D eigenvalue weighted by Gasteiger charge is 2.23. The summed E-state index contributed by atoms with van der Waals surface area (Å²) < 4.78 is 26.7. The number of nitrogens with one attached hydrogen (secondary N) is 2. The Morgan fingerprint density at radius 1 is 1.30 bits per heavy atom. The van der Waals surface area contributed by atoms with Gasteiger partial charge >= 0.3 is 0 Å². The van der Waals surface area contributed by atoms with Gasteiger partial charge in [0, 0.05) is 42.7 Å². The molecule has 154 valence electrons. The van der Waals surface area contributed by atoms with E-state index in [1.54, 1.807) is 17.8 Å². The molecule has 0 aliphatic carbocycles. The Kier molecular flexibility index (Phi) is 10.1. The molecule has 1 atom stereocenters. The van der Waals surface area contributed by atoms with Gasteiger partial charge in [-0.25, -0.2) is 8.78 Å². The van der Waals surface area contributed by atoms with Gasteiger partial charge in [0.15, 0.2) is 17.6 Å². The van der Waals surface area contributed by atoms with Crippen molar-refractivity contribution in [3.8, 4) is 0 Å². The molecule has 4 nitrogen and oxygen atoms in total. The lowest BCUT2D eigenvalue weighted by atomic mass is 10.1. The summed E-state index contributed by atoms with van der Waals surface area (Å²) in [5, 5.41) is 6.71. The molecule has 1 aliphatic heterocycles. The van der Waals surface area contributed by atoms with E-state index in [1.807, 2.05) is 0 Å². The summed E-state index contributed by atoms with van der Waals surface area (Å²) in [5.74, 6) is -0.311. The zero-order chi connectivity index (χ0) is 19.2. The number of thioether (sulfide) groups is 1. The Balaban J connectivity index is 0.00000364. The molecule has 2 N–H and O–H groups in total. The Morgan fingerprint density at radius 3 is 2.67 bits per heavy atom. The van der Waals surface area contributed by atoms with Crippen LogP contribution >= 0.6 is 35.7 Å². The van der Waals surface area contributed by atoms with Crippen molar-refractivity contribution in [2.24, 2.45) is 10.9 Å². The fourth-order valence-corrected chi connectivity index (χ4v) is 3.03. The Bertz CT molecular complexity index is 628. The molecule has 1 aromatic carbocycles. The standard InChI is InChI=1S/C19H30F2N4S.HI/c1-5-22-18(24-13-19(2,3)26-4)23-11-14-8-9-25(12-14)15-6-7-16(20)17(21)10-15;/h6-7,10,14H,5,8-9,11-13H2,1-4H3,(H2,22,23,24);1H. The van der Waals surface area contributed by atoms with Gasteiger partial charge in [-0.05, 0) is 51.5 Å². The molecule has 0 aromatic heterocycles. The van der Waals surface area contributed by atoms with Crippen molar-refractivity contribution in [2.45, 2.75) is 31.9 Å². The Hall–Kier alpha value is -0.770. The first-order chi connectivity index (χ1) is 12.3. The molecule has 1 aliphatic rings. The van der Waals surface area contributed by atoms with E-state index in [9.17, 15) is 8.78 Å². The van der Waals surface area contributed by atoms with Crippen LogP contribution < -0.4 is 15.5 Å². The average Bonchev–Trinajstić information content (AvgIpc) is 3.09. The quantitative estimate of drug-likeness (QED) is 0.328. The number of nitrogens with zero attached hydrogens (tertiary/aromatic N) is 2. The molecular formula is C19H31F2IN4S. The molecule has 0 amide bonds. The van der Waals surface area contributed by atoms with Gasteiger partial charge in [-0.3, -0.25) is 4.99 Å². The van der Waals surface area contributed by atoms with Gasteiger partial charge in [-0.15, -0.1) is 24.0 Å². The van der Waals surface area contributed by atoms with Gasteiger partial charge in [-0.1, -0.05) is 0 Å². The third-order valence-corrected chi connectivity index (χ3v) is 5.86. The fraction of sp³-hybridized carbons (Fsp3) is 0.632. The number of aliphatic imine (C=N–C) groups is 1. The molecule has 1 aromatic rings. The summed E-state index contributed by atoms with van der Waals surface area (Å²) in [4.78, 5) is 6.79. The van der Waals surface area contributed by atoms with Crippen molar-refractivity contribution in [3.63, 3.8) is 0 Å². The van der Waals surface area contributed by atoms with Crippen molar-refractivity contribution >= 4 is 47.4 Å². The second kappa shape index (κ2) is 11.3. The first kappa shape index (κ1) is 24.3. The highest BCUT2D eigenvalue weighted by atomic mass is 127. The van der Waals surface area contributed by atoms with Gasteiger partial charge in [0.25, 0.3) is 0 Å². The molecule has 2 rings (SSSR count). The second-order valence-corrected chi connectivity index (χ2v) is 8.75. The second-order valence-electron chi connectivity index (χ2n) is 7.24. The van der Waals surface area contributed by atoms with Crippen molar-refractivity contribution in [2.75, 3.05) is 43.9 Å². The summed E-state index contributed by atoms with van der Waals surface area (Å²) in [5.41, 5.74) is 0.744. The molecule has 8 heteroatoms. The minimum Gasteiger partial charge on any atom is -0.371 e. The smallest absolute Gasteiger partial charge is 0.191 e. The highest BCUT2D eigenvalue weighted by Crippen LogP contribution is 2.25. The average molecular weight is 512 g/mol. The maximum atomic E-state index is 13.4. The van der Waals surface area contributed by atoms with Crippen molar-refractivity contribution < 1.29 is 8.78 Å². The molecule has 0 radical (unpaired) electrons. The molecular weight excluding hydrogens is 481 g/mol. The largest absolute Gasteiger partial charge is 0.371 e. The molecule has 1 fully saturated rings. The number of rotatable bonds is 7. The summed E-state index contributed by atoms with van der Waals surface area (Å²) >= 11 is 1.80. The first-order valence-corrected chi connectivity index (χ1v) is 10.3. The topological polar surface area (TPSA) is 39.7 Å². The zero-order valence-electron chi connectivity index (χ0n) is 16.5. The third kappa shape index (κ3) is 7.63. The van der Waals surface area contributed by atoms with Crippen LogP contribution in [0, 0.1) is 17.6 Å². The molecule has 27 heavy (non-hydrogen) atoms. The van der Waals surface area contributed by atoms with Crippen LogP contribution in [-0.2, 0) is 0 Å². The van der Waals surface area contributed by atoms with Crippen LogP contribution in [0.5, 0.6) is 0 Å². The summed E-state index contributed by atoms with van der Waals surface area (Å²) in [6.07, 6.45) is 3.11. The van der Waals surface area contributed by atoms with Crippen LogP contribution in [0.1, 0.15) is 27.2 Å². The van der Waals surface area contributed by atoms with Gasteiger partial charge in [0.05, 0.1) is 6.54 Å². The minimum atomic E-state index is -0.800. The highest BCUT2D eigenvalue weighted by molar-refractivity contribution is 14.0. The third-order valence-electron chi connectivity index (χ3n) is 4.63. The van der Waals surface area contributed by atoms with Gasteiger partial charge in [0.2, 0.25) is 0 Å². The Morgan fingerprint density at radius 2 is 2.04 bits per heavy atom. The van der Waals surface area contributed by atoms with Crippen LogP contribution in [0.4, 0.5) is 14.5 Å². The van der Waals surface area contributed by atoms with Crippen LogP contribution in [0.3, 0.4) is 0 Å². The maximum absolute atomic E-state index is 13.4. The number of anilines is 1. The number of benzene rings is 1. The number of guanidine groups is 1. The predicted octanol–water partition coefficient (Wildman–Crippen LogP) is 4.11. The van der Waals surface area contributed by atoms with Gasteiger partial charge in [0.1, 0.15) is 0 Å². The van der Waals surface area contributed by atoms with E-state index in [0.29, 0.717) is 5.92 Å². The van der Waals surface area contributed by atoms with Gasteiger partial charge < -0.3 is 15.5 Å². The van der Waals surface area contributed by atoms with Crippen molar-refractivity contribution in [1.82, 2.24) is 10.6 Å². The van der Waals surface area contributed by atoms with E-state index in [1.165, 1.54) is 12.1 Å². The maximum Gasteiger partial charge on any atom is 0.191 e. The number of hydrogen-bond acceptors (Lipinski definition) is 3. The minimum absolute atomic E-state index is 0. The Labute approximate surface area is 183 Å². The predicted molar refractivity (Wildman–Crippen MR) is 124 cm³/mol. The van der Waals surface area contributed by atoms with Crippen LogP contribution in [0.25, 0.3) is 0 Å². The molecule has 1 unspecified atom stereocenters. The van der Waals surface area contributed by atoms with E-state index in [2.05, 4.69) is 47.6 Å². The molecule has 0 bridgehead atoms. The summed E-state index contributed by atoms with van der Waals surface area (Å²) in [6, 6.07) is 4.12. The lowest BCUT2D eigenvalue weighted by Gasteiger charge is -2.21. The summed E-state index contributed by atoms with van der Waals surface area (Å²) in [7, 11) is 0.